The summed E-state index contributed by atoms with van der Waals surface area (Å²) in [6.07, 6.45) is 2.51. The van der Waals surface area contributed by atoms with Crippen LogP contribution in [0, 0.1) is 36.0 Å². The highest BCUT2D eigenvalue weighted by atomic mass is 35.5. The fourth-order valence-electron chi connectivity index (χ4n) is 9.51. The molecule has 5 heterocycles. The molecule has 2 saturated heterocycles. The number of aromatic hydroxyl groups is 1. The van der Waals surface area contributed by atoms with Gasteiger partial charge in [0.25, 0.3) is 0 Å². The zero-order valence-corrected chi connectivity index (χ0v) is 31.7. The van der Waals surface area contributed by atoms with Crippen LogP contribution in [0.4, 0.5) is 5.82 Å². The van der Waals surface area contributed by atoms with Crippen LogP contribution in [0.5, 0.6) is 11.5 Å². The molecule has 2 aliphatic heterocycles. The van der Waals surface area contributed by atoms with Crippen molar-refractivity contribution in [3.05, 3.63) is 92.7 Å². The third-order valence-electron chi connectivity index (χ3n) is 12.0. The molecule has 13 heteroatoms. The Labute approximate surface area is 318 Å². The van der Waals surface area contributed by atoms with Gasteiger partial charge in [-0.05, 0) is 79.3 Å². The molecule has 0 radical (unpaired) electrons. The van der Waals surface area contributed by atoms with Crippen molar-refractivity contribution in [2.24, 2.45) is 36.1 Å². The number of carbonyl (C=O) groups is 4. The number of hydrogen-bond donors (Lipinski definition) is 1. The second kappa shape index (κ2) is 12.1. The van der Waals surface area contributed by atoms with Gasteiger partial charge in [-0.15, -0.1) is 22.7 Å². The Balaban J connectivity index is 1.16. The van der Waals surface area contributed by atoms with Crippen LogP contribution < -0.4 is 9.64 Å². The number of carbonyl (C=O) groups excluding carboxylic acids is 4. The van der Waals surface area contributed by atoms with E-state index in [-0.39, 0.29) is 36.3 Å². The molecule has 6 atom stereocenters. The number of imide groups is 2. The maximum atomic E-state index is 15.1. The summed E-state index contributed by atoms with van der Waals surface area (Å²) in [6.45, 7) is 4.00. The van der Waals surface area contributed by atoms with Crippen LogP contribution in [-0.2, 0) is 32.8 Å². The van der Waals surface area contributed by atoms with Crippen LogP contribution >= 0.6 is 34.3 Å². The Bertz CT molecular complexity index is 2430. The monoisotopic (exact) mass is 766 g/mol. The van der Waals surface area contributed by atoms with E-state index in [1.165, 1.54) is 28.2 Å². The number of anilines is 1. The van der Waals surface area contributed by atoms with Crippen LogP contribution in [-0.4, -0.2) is 50.5 Å². The molecule has 4 amide bonds. The Morgan fingerprint density at radius 3 is 2.60 bits per heavy atom. The third kappa shape index (κ3) is 4.77. The molecular weight excluding hydrogens is 732 g/mol. The van der Waals surface area contributed by atoms with E-state index >= 15 is 4.79 Å². The van der Waals surface area contributed by atoms with Gasteiger partial charge in [-0.2, -0.15) is 5.10 Å². The van der Waals surface area contributed by atoms with Gasteiger partial charge < -0.3 is 9.84 Å². The van der Waals surface area contributed by atoms with Gasteiger partial charge in [0, 0.05) is 39.2 Å². The van der Waals surface area contributed by atoms with E-state index in [2.05, 4.69) is 0 Å². The van der Waals surface area contributed by atoms with E-state index < -0.39 is 46.8 Å². The standard InChI is InChI=1S/C40H35ClN4O6S2/c1-19-25-15-20(41)10-13-30(25)53-35(19)28-17-31(43(3)42-28)45-37(48)27-16-26-22(33(40(27,2)39(45)50)24-8-5-9-29(51-4)34(24)46)11-12-23-32(26)38(49)44(36(23)47)18-21-7-6-14-52-21/h5-11,13-15,17,23,26-27,32-33,46H,12,16,18H2,1-4H3/t23-,26+,27-,32-,33+,40+/m0/s1. The second-order valence-corrected chi connectivity index (χ2v) is 17.1. The second-order valence-electron chi connectivity index (χ2n) is 14.6. The normalized spacial score (nSPS) is 26.7. The minimum absolute atomic E-state index is 0.126. The number of benzene rings is 2. The number of para-hydroxylation sites is 1. The SMILES string of the molecule is COc1cccc([C@H]2C3=CC[C@@H]4C(=O)N(Cc5cccs5)C(=O)[C@@H]4[C@@H]3C[C@H]3C(=O)N(c4cc(-c5sc6ccc(Cl)cc6c5C)nn4C)C(=O)[C@@]23C)c1O. The number of fused-ring (bicyclic) bond motifs is 5. The third-order valence-corrected chi connectivity index (χ3v) is 14.4. The van der Waals surface area contributed by atoms with Crippen molar-refractivity contribution in [2.45, 2.75) is 39.2 Å². The van der Waals surface area contributed by atoms with Gasteiger partial charge in [-0.25, -0.2) is 4.90 Å². The van der Waals surface area contributed by atoms with E-state index in [1.54, 1.807) is 54.3 Å². The number of amides is 4. The molecule has 3 aromatic heterocycles. The number of methoxy groups -OCH3 is 1. The van der Waals surface area contributed by atoms with E-state index in [4.69, 9.17) is 21.4 Å². The number of hydrogen-bond acceptors (Lipinski definition) is 9. The van der Waals surface area contributed by atoms with Gasteiger partial charge >= 0.3 is 0 Å². The molecule has 1 saturated carbocycles. The molecule has 10 nitrogen and oxygen atoms in total. The molecule has 0 spiro atoms. The van der Waals surface area contributed by atoms with Crippen LogP contribution in [0.3, 0.4) is 0 Å². The molecule has 4 aliphatic rings. The summed E-state index contributed by atoms with van der Waals surface area (Å²) in [4.78, 5) is 62.5. The average molecular weight is 767 g/mol. The minimum atomic E-state index is -1.34. The first-order chi connectivity index (χ1) is 25.4. The number of phenols is 1. The Kier molecular flexibility index (Phi) is 7.78. The molecule has 5 aromatic rings. The van der Waals surface area contributed by atoms with Crippen molar-refractivity contribution in [1.29, 1.82) is 0 Å². The van der Waals surface area contributed by atoms with Crippen molar-refractivity contribution in [1.82, 2.24) is 14.7 Å². The number of phenolic OH excluding ortho intramolecular Hbond substituents is 1. The van der Waals surface area contributed by atoms with Crippen LogP contribution in [0.25, 0.3) is 20.7 Å². The predicted octanol–water partition coefficient (Wildman–Crippen LogP) is 7.47. The highest BCUT2D eigenvalue weighted by molar-refractivity contribution is 7.22. The summed E-state index contributed by atoms with van der Waals surface area (Å²) in [7, 11) is 3.17. The van der Waals surface area contributed by atoms with Crippen LogP contribution in [0.15, 0.2) is 71.6 Å². The molecular formula is C40H35ClN4O6S2. The van der Waals surface area contributed by atoms with Crippen molar-refractivity contribution in [2.75, 3.05) is 12.0 Å². The van der Waals surface area contributed by atoms with Crippen molar-refractivity contribution in [3.8, 4) is 22.1 Å². The largest absolute Gasteiger partial charge is 0.504 e. The molecule has 2 aromatic carbocycles. The van der Waals surface area contributed by atoms with Gasteiger partial charge in [0.2, 0.25) is 23.6 Å². The van der Waals surface area contributed by atoms with E-state index in [1.807, 2.05) is 48.7 Å². The Hall–Kier alpha value is -4.78. The lowest BCUT2D eigenvalue weighted by molar-refractivity contribution is -0.141. The lowest BCUT2D eigenvalue weighted by Gasteiger charge is -2.49. The summed E-state index contributed by atoms with van der Waals surface area (Å²) in [5.74, 6) is -4.23. The summed E-state index contributed by atoms with van der Waals surface area (Å²) in [5.41, 5.74) is 1.51. The van der Waals surface area contributed by atoms with Crippen molar-refractivity contribution >= 4 is 73.8 Å². The van der Waals surface area contributed by atoms with Gasteiger partial charge in [0.15, 0.2) is 11.5 Å². The van der Waals surface area contributed by atoms with Crippen molar-refractivity contribution < 1.29 is 29.0 Å². The molecule has 2 aliphatic carbocycles. The number of aryl methyl sites for hydroxylation is 2. The fourth-order valence-corrected chi connectivity index (χ4v) is 11.5. The average Bonchev–Trinajstić information content (AvgIpc) is 3.95. The van der Waals surface area contributed by atoms with Crippen molar-refractivity contribution in [3.63, 3.8) is 0 Å². The molecule has 1 N–H and O–H groups in total. The summed E-state index contributed by atoms with van der Waals surface area (Å²) >= 11 is 9.37. The highest BCUT2D eigenvalue weighted by Gasteiger charge is 2.68. The summed E-state index contributed by atoms with van der Waals surface area (Å²) in [6, 6.07) is 16.5. The zero-order valence-electron chi connectivity index (χ0n) is 29.3. The number of ether oxygens (including phenoxy) is 1. The number of thiophene rings is 2. The first-order valence-electron chi connectivity index (χ1n) is 17.5. The summed E-state index contributed by atoms with van der Waals surface area (Å²) < 4.78 is 8.11. The number of halogens is 1. The van der Waals surface area contributed by atoms with Gasteiger partial charge in [0.1, 0.15) is 11.5 Å². The Morgan fingerprint density at radius 1 is 1.04 bits per heavy atom. The first-order valence-corrected chi connectivity index (χ1v) is 19.6. The smallest absolute Gasteiger partial charge is 0.242 e. The highest BCUT2D eigenvalue weighted by Crippen LogP contribution is 2.65. The minimum Gasteiger partial charge on any atom is -0.504 e. The number of aromatic nitrogens is 2. The fraction of sp³-hybridized carbons (Fsp3) is 0.325. The molecule has 0 bridgehead atoms. The van der Waals surface area contributed by atoms with Gasteiger partial charge in [-0.3, -0.25) is 28.8 Å². The lowest BCUT2D eigenvalue weighted by Crippen LogP contribution is -2.49. The zero-order chi connectivity index (χ0) is 37.1. The number of rotatable bonds is 6. The molecule has 0 unspecified atom stereocenters. The van der Waals surface area contributed by atoms with E-state index in [0.29, 0.717) is 28.5 Å². The maximum Gasteiger partial charge on any atom is 0.242 e. The van der Waals surface area contributed by atoms with E-state index in [0.717, 1.165) is 31.0 Å². The van der Waals surface area contributed by atoms with Gasteiger partial charge in [0.05, 0.1) is 41.7 Å². The molecule has 9 rings (SSSR count). The quantitative estimate of drug-likeness (QED) is 0.141. The van der Waals surface area contributed by atoms with Gasteiger partial charge in [-0.1, -0.05) is 41.4 Å². The molecule has 3 fully saturated rings. The maximum absolute atomic E-state index is 15.1. The van der Waals surface area contributed by atoms with Crippen LogP contribution in [0.1, 0.15) is 41.7 Å². The summed E-state index contributed by atoms with van der Waals surface area (Å²) in [5, 5.41) is 20.0. The number of likely N-dealkylation sites (tertiary alicyclic amines) is 1. The lowest BCUT2D eigenvalue weighted by atomic mass is 9.51. The molecule has 53 heavy (non-hydrogen) atoms. The molecule has 270 valence electrons. The number of nitrogens with zero attached hydrogens (tertiary/aromatic N) is 4. The topological polar surface area (TPSA) is 122 Å². The number of allylic oxidation sites excluding steroid dienone is 2. The predicted molar refractivity (Wildman–Crippen MR) is 203 cm³/mol. The Morgan fingerprint density at radius 2 is 1.85 bits per heavy atom. The van der Waals surface area contributed by atoms with Crippen LogP contribution in [0.2, 0.25) is 5.02 Å². The van der Waals surface area contributed by atoms with E-state index in [9.17, 15) is 19.5 Å². The first kappa shape index (κ1) is 34.0.